The first-order valence-electron chi connectivity index (χ1n) is 6.88. The maximum Gasteiger partial charge on any atom is 0.232 e. The van der Waals surface area contributed by atoms with Gasteiger partial charge in [-0.05, 0) is 6.42 Å². The van der Waals surface area contributed by atoms with Gasteiger partial charge in [0.05, 0.1) is 30.3 Å². The first-order valence-corrected chi connectivity index (χ1v) is 7.41. The van der Waals surface area contributed by atoms with E-state index < -0.39 is 5.79 Å². The zero-order valence-corrected chi connectivity index (χ0v) is 14.2. The van der Waals surface area contributed by atoms with Crippen molar-refractivity contribution in [2.24, 2.45) is 4.99 Å². The van der Waals surface area contributed by atoms with E-state index in [0.717, 1.165) is 0 Å². The molecule has 0 heterocycles. The molecule has 0 radical (unpaired) electrons. The van der Waals surface area contributed by atoms with E-state index in [0.29, 0.717) is 35.9 Å². The van der Waals surface area contributed by atoms with Crippen LogP contribution in [0.15, 0.2) is 28.1 Å². The number of hydrogen-bond donors (Lipinski definition) is 0. The zero-order valence-electron chi connectivity index (χ0n) is 13.4. The molecule has 0 spiro atoms. The molecule has 122 valence electrons. The minimum atomic E-state index is -1.10. The molecule has 0 aromatic heterocycles. The van der Waals surface area contributed by atoms with Gasteiger partial charge in [0.15, 0.2) is 5.76 Å². The summed E-state index contributed by atoms with van der Waals surface area (Å²) in [6, 6.07) is 2.16. The molecular formula is C15H22ClN3O3. The molecular weight excluding hydrogens is 306 g/mol. The number of halogens is 1. The van der Waals surface area contributed by atoms with Gasteiger partial charge in [-0.3, -0.25) is 0 Å². The highest BCUT2D eigenvalue weighted by molar-refractivity contribution is 6.17. The molecule has 0 aromatic rings. The average Bonchev–Trinajstić information content (AvgIpc) is 2.53. The topological polar surface area (TPSA) is 67.1 Å². The maximum atomic E-state index is 9.36. The molecule has 6 nitrogen and oxygen atoms in total. The fourth-order valence-corrected chi connectivity index (χ4v) is 2.05. The van der Waals surface area contributed by atoms with Gasteiger partial charge in [0.2, 0.25) is 5.79 Å². The molecule has 0 bridgehead atoms. The molecule has 0 unspecified atom stereocenters. The highest BCUT2D eigenvalue weighted by Gasteiger charge is 2.41. The number of rotatable bonds is 8. The highest BCUT2D eigenvalue weighted by atomic mass is 35.5. The molecule has 1 aliphatic rings. The van der Waals surface area contributed by atoms with E-state index >= 15 is 0 Å². The van der Waals surface area contributed by atoms with Crippen molar-refractivity contribution in [2.75, 3.05) is 40.8 Å². The Labute approximate surface area is 136 Å². The molecule has 1 aliphatic carbocycles. The first-order chi connectivity index (χ1) is 10.5. The van der Waals surface area contributed by atoms with Crippen LogP contribution in [-0.2, 0) is 14.2 Å². The van der Waals surface area contributed by atoms with Gasteiger partial charge in [0.1, 0.15) is 0 Å². The zero-order chi connectivity index (χ0) is 16.6. The third kappa shape index (κ3) is 4.47. The maximum absolute atomic E-state index is 9.36. The fraction of sp³-hybridized carbons (Fsp3) is 0.600. The first kappa shape index (κ1) is 18.5. The normalized spacial score (nSPS) is 17.4. The van der Waals surface area contributed by atoms with Crippen molar-refractivity contribution in [3.05, 3.63) is 23.1 Å². The molecule has 7 heteroatoms. The second-order valence-corrected chi connectivity index (χ2v) is 5.30. The fourth-order valence-electron chi connectivity index (χ4n) is 1.94. The summed E-state index contributed by atoms with van der Waals surface area (Å²) < 4.78 is 16.7. The summed E-state index contributed by atoms with van der Waals surface area (Å²) >= 11 is 5.67. The van der Waals surface area contributed by atoms with Crippen molar-refractivity contribution in [1.82, 2.24) is 4.90 Å². The predicted molar refractivity (Wildman–Crippen MR) is 85.6 cm³/mol. The number of ether oxygens (including phenoxy) is 3. The monoisotopic (exact) mass is 327 g/mol. The Morgan fingerprint density at radius 2 is 2.14 bits per heavy atom. The molecule has 0 N–H and O–H groups in total. The van der Waals surface area contributed by atoms with Crippen LogP contribution in [0, 0.1) is 11.3 Å². The molecule has 0 amide bonds. The van der Waals surface area contributed by atoms with E-state index in [1.54, 1.807) is 17.3 Å². The largest absolute Gasteiger partial charge is 0.492 e. The van der Waals surface area contributed by atoms with Gasteiger partial charge in [-0.1, -0.05) is 0 Å². The second kappa shape index (κ2) is 8.79. The van der Waals surface area contributed by atoms with Crippen LogP contribution >= 0.6 is 11.6 Å². The van der Waals surface area contributed by atoms with Crippen LogP contribution in [0.2, 0.25) is 0 Å². The molecule has 0 fully saturated rings. The summed E-state index contributed by atoms with van der Waals surface area (Å²) in [6.45, 7) is 0.441. The SMILES string of the molecule is COC1(OC)CC(C#N)=C(N=CN(C)C)C=C1OCCCCl. The van der Waals surface area contributed by atoms with Crippen LogP contribution in [0.3, 0.4) is 0 Å². The van der Waals surface area contributed by atoms with Crippen molar-refractivity contribution in [1.29, 1.82) is 5.26 Å². The lowest BCUT2D eigenvalue weighted by Gasteiger charge is -2.35. The number of nitrogens with zero attached hydrogens (tertiary/aromatic N) is 3. The minimum Gasteiger partial charge on any atom is -0.492 e. The quantitative estimate of drug-likeness (QED) is 0.225. The Morgan fingerprint density at radius 3 is 2.64 bits per heavy atom. The van der Waals surface area contributed by atoms with E-state index in [-0.39, 0.29) is 6.42 Å². The summed E-state index contributed by atoms with van der Waals surface area (Å²) in [5.41, 5.74) is 1.02. The Balaban J connectivity index is 3.16. The summed E-state index contributed by atoms with van der Waals surface area (Å²) in [4.78, 5) is 6.10. The number of methoxy groups -OCH3 is 2. The number of nitriles is 1. The molecule has 0 aromatic carbocycles. The Bertz CT molecular complexity index is 503. The van der Waals surface area contributed by atoms with Gasteiger partial charge in [-0.2, -0.15) is 5.26 Å². The predicted octanol–water partition coefficient (Wildman–Crippen LogP) is 2.28. The summed E-state index contributed by atoms with van der Waals surface area (Å²) in [5, 5.41) is 9.36. The number of aliphatic imine (C=N–C) groups is 1. The third-order valence-corrected chi connectivity index (χ3v) is 3.39. The van der Waals surface area contributed by atoms with E-state index in [1.807, 2.05) is 14.1 Å². The lowest BCUT2D eigenvalue weighted by atomic mass is 9.96. The summed E-state index contributed by atoms with van der Waals surface area (Å²) in [5.74, 6) is -0.104. The standard InChI is InChI=1S/C15H22ClN3O3/c1-19(2)11-18-13-8-14(22-7-5-6-16)15(20-3,21-4)9-12(13)10-17/h8,11H,5-7,9H2,1-4H3. The van der Waals surface area contributed by atoms with Crippen molar-refractivity contribution in [2.45, 2.75) is 18.6 Å². The lowest BCUT2D eigenvalue weighted by molar-refractivity contribution is -0.202. The van der Waals surface area contributed by atoms with Crippen LogP contribution in [0.1, 0.15) is 12.8 Å². The van der Waals surface area contributed by atoms with Crippen molar-refractivity contribution < 1.29 is 14.2 Å². The van der Waals surface area contributed by atoms with E-state index in [1.165, 1.54) is 14.2 Å². The smallest absolute Gasteiger partial charge is 0.232 e. The number of alkyl halides is 1. The van der Waals surface area contributed by atoms with E-state index in [2.05, 4.69) is 11.1 Å². The van der Waals surface area contributed by atoms with Crippen LogP contribution in [0.25, 0.3) is 0 Å². The van der Waals surface area contributed by atoms with E-state index in [4.69, 9.17) is 25.8 Å². The molecule has 22 heavy (non-hydrogen) atoms. The van der Waals surface area contributed by atoms with Crippen LogP contribution in [0.5, 0.6) is 0 Å². The van der Waals surface area contributed by atoms with Gasteiger partial charge in [0.25, 0.3) is 0 Å². The summed E-state index contributed by atoms with van der Waals surface area (Å²) in [7, 11) is 6.75. The third-order valence-electron chi connectivity index (χ3n) is 3.12. The Morgan fingerprint density at radius 1 is 1.45 bits per heavy atom. The highest BCUT2D eigenvalue weighted by Crippen LogP contribution is 2.37. The van der Waals surface area contributed by atoms with Crippen LogP contribution in [0.4, 0.5) is 0 Å². The average molecular weight is 328 g/mol. The number of allylic oxidation sites excluding steroid dienone is 1. The van der Waals surface area contributed by atoms with Crippen molar-refractivity contribution in [3.8, 4) is 6.07 Å². The molecule has 0 atom stereocenters. The van der Waals surface area contributed by atoms with Crippen LogP contribution in [-0.4, -0.2) is 57.8 Å². The minimum absolute atomic E-state index is 0.239. The lowest BCUT2D eigenvalue weighted by Crippen LogP contribution is -2.39. The van der Waals surface area contributed by atoms with Crippen molar-refractivity contribution in [3.63, 3.8) is 0 Å². The van der Waals surface area contributed by atoms with E-state index in [9.17, 15) is 5.26 Å². The van der Waals surface area contributed by atoms with Gasteiger partial charge >= 0.3 is 0 Å². The molecule has 0 aliphatic heterocycles. The van der Waals surface area contributed by atoms with Gasteiger partial charge in [-0.25, -0.2) is 4.99 Å². The summed E-state index contributed by atoms with van der Waals surface area (Å²) in [6.07, 6.45) is 4.26. The second-order valence-electron chi connectivity index (χ2n) is 4.92. The molecule has 0 saturated carbocycles. The van der Waals surface area contributed by atoms with Crippen LogP contribution < -0.4 is 0 Å². The Hall–Kier alpha value is -1.55. The van der Waals surface area contributed by atoms with Gasteiger partial charge in [0, 0.05) is 46.7 Å². The van der Waals surface area contributed by atoms with Gasteiger partial charge in [-0.15, -0.1) is 11.6 Å². The van der Waals surface area contributed by atoms with Crippen molar-refractivity contribution >= 4 is 17.9 Å². The Kier molecular flexibility index (Phi) is 7.39. The molecule has 1 rings (SSSR count). The van der Waals surface area contributed by atoms with Gasteiger partial charge < -0.3 is 19.1 Å². The number of hydrogen-bond acceptors (Lipinski definition) is 5. The molecule has 0 saturated heterocycles.